The molecule has 19 heavy (non-hydrogen) atoms. The Hall–Kier alpha value is -0.790. The van der Waals surface area contributed by atoms with E-state index in [0.29, 0.717) is 16.3 Å². The normalized spacial score (nSPS) is 10.3. The number of carbonyl (C=O) groups excluding carboxylic acids is 1. The van der Waals surface area contributed by atoms with Crippen LogP contribution in [0.1, 0.15) is 10.4 Å². The van der Waals surface area contributed by atoms with Crippen LogP contribution in [0, 0.1) is 2.88 Å². The zero-order chi connectivity index (χ0) is 14.0. The summed E-state index contributed by atoms with van der Waals surface area (Å²) in [7, 11) is 3.85. The van der Waals surface area contributed by atoms with Gasteiger partial charge in [0.2, 0.25) is 0 Å². The van der Waals surface area contributed by atoms with Crippen molar-refractivity contribution in [3.8, 4) is 0 Å². The average Bonchev–Trinajstić information content (AvgIpc) is 2.75. The molecular formula is C13H12ClIN2OS. The van der Waals surface area contributed by atoms with Crippen LogP contribution >= 0.6 is 45.5 Å². The molecule has 6 heteroatoms. The third-order valence-corrected chi connectivity index (χ3v) is 4.54. The molecule has 0 saturated heterocycles. The van der Waals surface area contributed by atoms with Crippen molar-refractivity contribution in [3.63, 3.8) is 0 Å². The molecular weight excluding hydrogens is 395 g/mol. The number of hydrogen-bond donors (Lipinski definition) is 1. The Labute approximate surface area is 134 Å². The lowest BCUT2D eigenvalue weighted by atomic mass is 10.2. The molecule has 0 radical (unpaired) electrons. The highest BCUT2D eigenvalue weighted by Crippen LogP contribution is 2.28. The minimum atomic E-state index is -0.121. The molecule has 2 aromatic rings. The van der Waals surface area contributed by atoms with Crippen LogP contribution in [0.4, 0.5) is 11.4 Å². The van der Waals surface area contributed by atoms with Gasteiger partial charge in [-0.2, -0.15) is 0 Å². The van der Waals surface area contributed by atoms with Gasteiger partial charge in [0.1, 0.15) is 0 Å². The SMILES string of the molecule is CN(C)c1ccc(Cl)cc1NC(=O)c1csc(I)c1. The van der Waals surface area contributed by atoms with Crippen LogP contribution in [0.25, 0.3) is 0 Å². The smallest absolute Gasteiger partial charge is 0.256 e. The summed E-state index contributed by atoms with van der Waals surface area (Å²) in [6, 6.07) is 7.31. The lowest BCUT2D eigenvalue weighted by Gasteiger charge is -2.18. The minimum absolute atomic E-state index is 0.121. The van der Waals surface area contributed by atoms with Crippen LogP contribution in [-0.2, 0) is 0 Å². The number of nitrogens with zero attached hydrogens (tertiary/aromatic N) is 1. The van der Waals surface area contributed by atoms with Crippen molar-refractivity contribution in [1.82, 2.24) is 0 Å². The molecule has 0 aliphatic rings. The standard InChI is InChI=1S/C13H12ClIN2OS/c1-17(2)11-4-3-9(14)6-10(11)16-13(18)8-5-12(15)19-7-8/h3-7H,1-2H3,(H,16,18). The molecule has 1 heterocycles. The zero-order valence-electron chi connectivity index (χ0n) is 10.4. The summed E-state index contributed by atoms with van der Waals surface area (Å²) in [6.45, 7) is 0. The van der Waals surface area contributed by atoms with Crippen LogP contribution in [0.5, 0.6) is 0 Å². The lowest BCUT2D eigenvalue weighted by molar-refractivity contribution is 0.102. The van der Waals surface area contributed by atoms with Gasteiger partial charge in [0.25, 0.3) is 5.91 Å². The molecule has 0 spiro atoms. The number of amides is 1. The van der Waals surface area contributed by atoms with Crippen LogP contribution < -0.4 is 10.2 Å². The van der Waals surface area contributed by atoms with E-state index >= 15 is 0 Å². The predicted molar refractivity (Wildman–Crippen MR) is 90.8 cm³/mol. The summed E-state index contributed by atoms with van der Waals surface area (Å²) in [4.78, 5) is 14.1. The third kappa shape index (κ3) is 3.61. The van der Waals surface area contributed by atoms with E-state index in [-0.39, 0.29) is 5.91 Å². The van der Waals surface area contributed by atoms with Gasteiger partial charge < -0.3 is 10.2 Å². The van der Waals surface area contributed by atoms with Crippen LogP contribution in [0.2, 0.25) is 5.02 Å². The Morgan fingerprint density at radius 1 is 1.37 bits per heavy atom. The van der Waals surface area contributed by atoms with Gasteiger partial charge in [0, 0.05) is 24.5 Å². The van der Waals surface area contributed by atoms with Gasteiger partial charge in [-0.05, 0) is 46.9 Å². The van der Waals surface area contributed by atoms with Gasteiger partial charge in [-0.3, -0.25) is 4.79 Å². The highest BCUT2D eigenvalue weighted by molar-refractivity contribution is 14.1. The van der Waals surface area contributed by atoms with Crippen LogP contribution in [0.3, 0.4) is 0 Å². The summed E-state index contributed by atoms with van der Waals surface area (Å²) >= 11 is 9.73. The lowest BCUT2D eigenvalue weighted by Crippen LogP contribution is -2.16. The minimum Gasteiger partial charge on any atom is -0.376 e. The van der Waals surface area contributed by atoms with Crippen LogP contribution in [0.15, 0.2) is 29.6 Å². The number of nitrogens with one attached hydrogen (secondary N) is 1. The van der Waals surface area contributed by atoms with E-state index in [1.54, 1.807) is 23.5 Å². The van der Waals surface area contributed by atoms with Crippen molar-refractivity contribution in [2.75, 3.05) is 24.3 Å². The van der Waals surface area contributed by atoms with Crippen molar-refractivity contribution in [3.05, 3.63) is 43.1 Å². The van der Waals surface area contributed by atoms with Gasteiger partial charge in [-0.1, -0.05) is 11.6 Å². The Bertz CT molecular complexity index is 612. The van der Waals surface area contributed by atoms with E-state index in [4.69, 9.17) is 11.6 Å². The van der Waals surface area contributed by atoms with E-state index in [1.165, 1.54) is 0 Å². The van der Waals surface area contributed by atoms with Gasteiger partial charge in [-0.15, -0.1) is 11.3 Å². The van der Waals surface area contributed by atoms with Crippen molar-refractivity contribution in [2.24, 2.45) is 0 Å². The maximum absolute atomic E-state index is 12.1. The first-order valence-corrected chi connectivity index (χ1v) is 7.83. The monoisotopic (exact) mass is 406 g/mol. The van der Waals surface area contributed by atoms with E-state index in [0.717, 1.165) is 8.57 Å². The van der Waals surface area contributed by atoms with E-state index in [2.05, 4.69) is 27.9 Å². The number of rotatable bonds is 3. The number of benzene rings is 1. The molecule has 100 valence electrons. The molecule has 0 aliphatic heterocycles. The molecule has 0 unspecified atom stereocenters. The number of carbonyl (C=O) groups is 1. The number of hydrogen-bond acceptors (Lipinski definition) is 3. The molecule has 0 aliphatic carbocycles. The van der Waals surface area contributed by atoms with E-state index in [1.807, 2.05) is 36.5 Å². The molecule has 0 bridgehead atoms. The summed E-state index contributed by atoms with van der Waals surface area (Å²) in [5, 5.41) is 5.34. The highest BCUT2D eigenvalue weighted by atomic mass is 127. The highest BCUT2D eigenvalue weighted by Gasteiger charge is 2.12. The Balaban J connectivity index is 2.27. The number of halogens is 2. The molecule has 2 rings (SSSR count). The topological polar surface area (TPSA) is 32.3 Å². The molecule has 0 saturated carbocycles. The molecule has 1 amide bonds. The molecule has 0 fully saturated rings. The number of thiophene rings is 1. The van der Waals surface area contributed by atoms with Crippen LogP contribution in [-0.4, -0.2) is 20.0 Å². The van der Waals surface area contributed by atoms with Crippen molar-refractivity contribution < 1.29 is 4.79 Å². The molecule has 1 aromatic carbocycles. The van der Waals surface area contributed by atoms with Crippen molar-refractivity contribution in [2.45, 2.75) is 0 Å². The summed E-state index contributed by atoms with van der Waals surface area (Å²) in [6.07, 6.45) is 0. The Morgan fingerprint density at radius 2 is 2.11 bits per heavy atom. The molecule has 1 aromatic heterocycles. The second-order valence-electron chi connectivity index (χ2n) is 4.15. The maximum Gasteiger partial charge on any atom is 0.256 e. The Kier molecular flexibility index (Phi) is 4.70. The zero-order valence-corrected chi connectivity index (χ0v) is 14.1. The van der Waals surface area contributed by atoms with Gasteiger partial charge in [0.05, 0.1) is 19.8 Å². The van der Waals surface area contributed by atoms with Gasteiger partial charge in [-0.25, -0.2) is 0 Å². The quantitative estimate of drug-likeness (QED) is 0.770. The molecule has 3 nitrogen and oxygen atoms in total. The third-order valence-electron chi connectivity index (χ3n) is 2.52. The summed E-state index contributed by atoms with van der Waals surface area (Å²) in [5.74, 6) is -0.121. The molecule has 1 N–H and O–H groups in total. The summed E-state index contributed by atoms with van der Waals surface area (Å²) in [5.41, 5.74) is 2.30. The average molecular weight is 407 g/mol. The second-order valence-corrected chi connectivity index (χ2v) is 7.39. The first kappa shape index (κ1) is 14.6. The molecule has 0 atom stereocenters. The summed E-state index contributed by atoms with van der Waals surface area (Å²) < 4.78 is 1.08. The fourth-order valence-corrected chi connectivity index (χ4v) is 3.12. The fraction of sp³-hybridized carbons (Fsp3) is 0.154. The van der Waals surface area contributed by atoms with E-state index in [9.17, 15) is 4.79 Å². The predicted octanol–water partition coefficient (Wildman–Crippen LogP) is 4.32. The largest absolute Gasteiger partial charge is 0.376 e. The Morgan fingerprint density at radius 3 is 2.68 bits per heavy atom. The van der Waals surface area contributed by atoms with Crippen molar-refractivity contribution >= 4 is 62.8 Å². The fourth-order valence-electron chi connectivity index (χ4n) is 1.62. The van der Waals surface area contributed by atoms with Gasteiger partial charge in [0.15, 0.2) is 0 Å². The maximum atomic E-state index is 12.1. The van der Waals surface area contributed by atoms with E-state index < -0.39 is 0 Å². The first-order valence-electron chi connectivity index (χ1n) is 5.49. The second kappa shape index (κ2) is 6.11. The number of anilines is 2. The van der Waals surface area contributed by atoms with Gasteiger partial charge >= 0.3 is 0 Å². The van der Waals surface area contributed by atoms with Crippen molar-refractivity contribution in [1.29, 1.82) is 0 Å². The first-order chi connectivity index (χ1) is 8.97.